The van der Waals surface area contributed by atoms with Crippen LogP contribution in [0.25, 0.3) is 0 Å². The minimum Gasteiger partial charge on any atom is -0.326 e. The fraction of sp³-hybridized carbons (Fsp3) is 0.500. The molecule has 0 aliphatic rings. The van der Waals surface area contributed by atoms with Gasteiger partial charge in [0.2, 0.25) is 0 Å². The first-order chi connectivity index (χ1) is 3.77. The molecule has 0 spiro atoms. The van der Waals surface area contributed by atoms with Crippen molar-refractivity contribution in [2.75, 3.05) is 6.61 Å². The molecule has 0 saturated heterocycles. The van der Waals surface area contributed by atoms with E-state index in [2.05, 4.69) is 11.1 Å². The predicted octanol–water partition coefficient (Wildman–Crippen LogP) is 0.961. The van der Waals surface area contributed by atoms with Crippen molar-refractivity contribution in [2.45, 2.75) is 6.42 Å². The van der Waals surface area contributed by atoms with Crippen LogP contribution in [0.3, 0.4) is 0 Å². The van der Waals surface area contributed by atoms with E-state index in [0.29, 0.717) is 6.42 Å². The molecule has 0 aromatic heterocycles. The van der Waals surface area contributed by atoms with Crippen LogP contribution in [0.1, 0.15) is 6.42 Å². The van der Waals surface area contributed by atoms with Crippen molar-refractivity contribution in [1.82, 2.24) is 0 Å². The van der Waals surface area contributed by atoms with Crippen molar-refractivity contribution in [3.63, 3.8) is 0 Å². The van der Waals surface area contributed by atoms with Crippen LogP contribution in [0, 0.1) is 0 Å². The lowest BCUT2D eigenvalue weighted by molar-refractivity contribution is 0.287. The van der Waals surface area contributed by atoms with Gasteiger partial charge in [0.05, 0.1) is 6.61 Å². The Morgan fingerprint density at radius 3 is 2.88 bits per heavy atom. The Kier molecular flexibility index (Phi) is 4.97. The third kappa shape index (κ3) is 5.89. The van der Waals surface area contributed by atoms with Crippen LogP contribution in [0.4, 0.5) is 0 Å². The molecule has 0 amide bonds. The second-order valence-electron chi connectivity index (χ2n) is 1.19. The molecule has 1 atom stereocenters. The van der Waals surface area contributed by atoms with E-state index in [1.165, 1.54) is 0 Å². The molecule has 0 aliphatic carbocycles. The van der Waals surface area contributed by atoms with Gasteiger partial charge in [0.1, 0.15) is 0 Å². The molecule has 0 heterocycles. The molecule has 48 valence electrons. The zero-order valence-electron chi connectivity index (χ0n) is 4.46. The van der Waals surface area contributed by atoms with Crippen LogP contribution >= 0.6 is 8.25 Å². The summed E-state index contributed by atoms with van der Waals surface area (Å²) in [5, 5.41) is 0. The van der Waals surface area contributed by atoms with Gasteiger partial charge in [-0.05, 0) is 6.42 Å². The summed E-state index contributed by atoms with van der Waals surface area (Å²) in [6.45, 7) is 3.69. The molecule has 0 aliphatic heterocycles. The van der Waals surface area contributed by atoms with Crippen molar-refractivity contribution in [2.24, 2.45) is 0 Å². The predicted molar refractivity (Wildman–Crippen MR) is 32.0 cm³/mol. The van der Waals surface area contributed by atoms with Crippen molar-refractivity contribution in [3.05, 3.63) is 12.7 Å². The van der Waals surface area contributed by atoms with Gasteiger partial charge in [0.25, 0.3) is 0 Å². The molecule has 3 nitrogen and oxygen atoms in total. The van der Waals surface area contributed by atoms with E-state index in [1.54, 1.807) is 6.08 Å². The summed E-state index contributed by atoms with van der Waals surface area (Å²) in [5.74, 6) is 0. The highest BCUT2D eigenvalue weighted by Gasteiger charge is 1.86. The van der Waals surface area contributed by atoms with E-state index in [0.717, 1.165) is 0 Å². The van der Waals surface area contributed by atoms with Crippen LogP contribution in [-0.4, -0.2) is 11.5 Å². The van der Waals surface area contributed by atoms with Gasteiger partial charge in [0.15, 0.2) is 0 Å². The fourth-order valence-corrected chi connectivity index (χ4v) is 0.522. The van der Waals surface area contributed by atoms with E-state index < -0.39 is 8.25 Å². The number of rotatable bonds is 4. The molecular weight excluding hydrogens is 127 g/mol. The van der Waals surface area contributed by atoms with Crippen LogP contribution < -0.4 is 0 Å². The minimum absolute atomic E-state index is 0.289. The lowest BCUT2D eigenvalue weighted by Crippen LogP contribution is -1.80. The maximum atomic E-state index is 9.80. The zero-order chi connectivity index (χ0) is 6.41. The van der Waals surface area contributed by atoms with Gasteiger partial charge >= 0.3 is 8.25 Å². The largest absolute Gasteiger partial charge is 0.326 e. The van der Waals surface area contributed by atoms with Gasteiger partial charge in [-0.3, -0.25) is 4.57 Å². The Morgan fingerprint density at radius 1 is 1.88 bits per heavy atom. The molecule has 0 saturated carbocycles. The molecule has 4 heteroatoms. The van der Waals surface area contributed by atoms with E-state index in [-0.39, 0.29) is 6.61 Å². The lowest BCUT2D eigenvalue weighted by atomic mass is 10.5. The topological polar surface area (TPSA) is 46.5 Å². The van der Waals surface area contributed by atoms with Crippen molar-refractivity contribution < 1.29 is 14.0 Å². The first kappa shape index (κ1) is 7.89. The quantitative estimate of drug-likeness (QED) is 0.355. The highest BCUT2D eigenvalue weighted by Crippen LogP contribution is 2.13. The molecule has 0 bridgehead atoms. The van der Waals surface area contributed by atoms with Gasteiger partial charge in [-0.2, -0.15) is 0 Å². The first-order valence-electron chi connectivity index (χ1n) is 2.24. The summed E-state index contributed by atoms with van der Waals surface area (Å²) in [4.78, 5) is 8.07. The maximum absolute atomic E-state index is 9.80. The van der Waals surface area contributed by atoms with Gasteiger partial charge in [-0.1, -0.05) is 6.08 Å². The molecule has 0 rings (SSSR count). The third-order valence-corrected chi connectivity index (χ3v) is 0.999. The van der Waals surface area contributed by atoms with Gasteiger partial charge < -0.3 is 9.42 Å². The summed E-state index contributed by atoms with van der Waals surface area (Å²) >= 11 is 0. The zero-order valence-corrected chi connectivity index (χ0v) is 5.46. The lowest BCUT2D eigenvalue weighted by Gasteiger charge is -1.92. The molecule has 0 aromatic rings. The third-order valence-electron chi connectivity index (χ3n) is 0.548. The first-order valence-corrected chi connectivity index (χ1v) is 3.50. The highest BCUT2D eigenvalue weighted by molar-refractivity contribution is 7.32. The smallest absolute Gasteiger partial charge is 0.316 e. The Hall–Kier alpha value is -0.110. The minimum atomic E-state index is -2.70. The van der Waals surface area contributed by atoms with Crippen LogP contribution in [0.2, 0.25) is 0 Å². The standard InChI is InChI=1S/C4H9O3P/c1-2-3-4-7-8(5)6/h2,8H,1,3-4H2,(H,5,6). The fourth-order valence-electron chi connectivity index (χ4n) is 0.230. The Morgan fingerprint density at radius 2 is 2.50 bits per heavy atom. The Bertz CT molecular complexity index is 91.3. The highest BCUT2D eigenvalue weighted by atomic mass is 31.1. The van der Waals surface area contributed by atoms with Crippen molar-refractivity contribution >= 4 is 8.25 Å². The summed E-state index contributed by atoms with van der Waals surface area (Å²) in [6.07, 6.45) is 2.25. The van der Waals surface area contributed by atoms with E-state index in [9.17, 15) is 4.57 Å². The second-order valence-corrected chi connectivity index (χ2v) is 2.01. The Labute approximate surface area is 48.9 Å². The molecule has 8 heavy (non-hydrogen) atoms. The average molecular weight is 136 g/mol. The maximum Gasteiger partial charge on any atom is 0.316 e. The van der Waals surface area contributed by atoms with Crippen molar-refractivity contribution in [1.29, 1.82) is 0 Å². The molecule has 0 fully saturated rings. The molecular formula is C4H9O3P. The summed E-state index contributed by atoms with van der Waals surface area (Å²) < 4.78 is 14.1. The summed E-state index contributed by atoms with van der Waals surface area (Å²) in [6, 6.07) is 0. The Balaban J connectivity index is 2.93. The monoisotopic (exact) mass is 136 g/mol. The summed E-state index contributed by atoms with van der Waals surface area (Å²) in [5.41, 5.74) is 0. The average Bonchev–Trinajstić information content (AvgIpc) is 1.66. The van der Waals surface area contributed by atoms with E-state index in [4.69, 9.17) is 4.89 Å². The van der Waals surface area contributed by atoms with Crippen LogP contribution in [-0.2, 0) is 9.09 Å². The molecule has 1 N–H and O–H groups in total. The number of hydrogen-bond acceptors (Lipinski definition) is 2. The van der Waals surface area contributed by atoms with E-state index >= 15 is 0 Å². The molecule has 0 radical (unpaired) electrons. The van der Waals surface area contributed by atoms with Gasteiger partial charge in [-0.15, -0.1) is 6.58 Å². The SMILES string of the molecule is C=CCCO[PH](=O)O. The van der Waals surface area contributed by atoms with Gasteiger partial charge in [0, 0.05) is 0 Å². The number of hydrogen-bond donors (Lipinski definition) is 1. The molecule has 1 unspecified atom stereocenters. The van der Waals surface area contributed by atoms with Gasteiger partial charge in [-0.25, -0.2) is 0 Å². The summed E-state index contributed by atoms with van der Waals surface area (Å²) in [7, 11) is -2.70. The second kappa shape index (κ2) is 5.04. The molecule has 0 aromatic carbocycles. The normalized spacial score (nSPS) is 13.1. The van der Waals surface area contributed by atoms with Crippen molar-refractivity contribution in [3.8, 4) is 0 Å². The van der Waals surface area contributed by atoms with Crippen LogP contribution in [0.5, 0.6) is 0 Å². The van der Waals surface area contributed by atoms with E-state index in [1.807, 2.05) is 0 Å². The van der Waals surface area contributed by atoms with Crippen LogP contribution in [0.15, 0.2) is 12.7 Å².